The molecule has 0 fully saturated rings. The first-order chi connectivity index (χ1) is 6.19. The van der Waals surface area contributed by atoms with Crippen molar-refractivity contribution in [2.24, 2.45) is 0 Å². The molecule has 0 saturated carbocycles. The molecule has 0 aliphatic carbocycles. The standard InChI is InChI=1S/C10H13Cl2N/c1-3-7(2)10-8(5-11)4-9(12)6-13-10/h4,6-7H,3,5H2,1-2H3/t7-/m0/s1. The van der Waals surface area contributed by atoms with Crippen molar-refractivity contribution in [3.63, 3.8) is 0 Å². The highest BCUT2D eigenvalue weighted by Gasteiger charge is 2.10. The van der Waals surface area contributed by atoms with E-state index in [4.69, 9.17) is 23.2 Å². The van der Waals surface area contributed by atoms with Crippen molar-refractivity contribution in [3.8, 4) is 0 Å². The summed E-state index contributed by atoms with van der Waals surface area (Å²) in [5, 5.41) is 0.655. The number of nitrogens with zero attached hydrogens (tertiary/aromatic N) is 1. The fourth-order valence-electron chi connectivity index (χ4n) is 1.24. The van der Waals surface area contributed by atoms with Crippen LogP contribution in [-0.2, 0) is 5.88 Å². The Labute approximate surface area is 89.1 Å². The molecule has 72 valence electrons. The zero-order chi connectivity index (χ0) is 9.84. The zero-order valence-corrected chi connectivity index (χ0v) is 9.36. The van der Waals surface area contributed by atoms with Gasteiger partial charge in [-0.05, 0) is 24.0 Å². The van der Waals surface area contributed by atoms with Gasteiger partial charge in [0.1, 0.15) is 0 Å². The van der Waals surface area contributed by atoms with E-state index in [1.807, 2.05) is 6.07 Å². The van der Waals surface area contributed by atoms with Crippen LogP contribution in [0.1, 0.15) is 37.4 Å². The molecule has 3 heteroatoms. The number of alkyl halides is 1. The van der Waals surface area contributed by atoms with E-state index in [0.717, 1.165) is 17.7 Å². The molecule has 1 atom stereocenters. The van der Waals surface area contributed by atoms with Crippen molar-refractivity contribution >= 4 is 23.2 Å². The van der Waals surface area contributed by atoms with Gasteiger partial charge in [-0.15, -0.1) is 11.6 Å². The number of hydrogen-bond acceptors (Lipinski definition) is 1. The monoisotopic (exact) mass is 217 g/mol. The summed E-state index contributed by atoms with van der Waals surface area (Å²) in [5.74, 6) is 0.929. The summed E-state index contributed by atoms with van der Waals surface area (Å²) >= 11 is 11.6. The molecule has 0 amide bonds. The van der Waals surface area contributed by atoms with E-state index >= 15 is 0 Å². The third-order valence-corrected chi connectivity index (χ3v) is 2.69. The smallest absolute Gasteiger partial charge is 0.0592 e. The molecule has 1 nitrogen and oxygen atoms in total. The van der Waals surface area contributed by atoms with Gasteiger partial charge >= 0.3 is 0 Å². The van der Waals surface area contributed by atoms with Crippen molar-refractivity contribution in [3.05, 3.63) is 28.5 Å². The average molecular weight is 218 g/mol. The van der Waals surface area contributed by atoms with Gasteiger partial charge in [0.15, 0.2) is 0 Å². The molecule has 0 aliphatic heterocycles. The Balaban J connectivity index is 3.05. The summed E-state index contributed by atoms with van der Waals surface area (Å²) in [7, 11) is 0. The summed E-state index contributed by atoms with van der Waals surface area (Å²) in [5.41, 5.74) is 2.12. The zero-order valence-electron chi connectivity index (χ0n) is 7.85. The maximum absolute atomic E-state index is 5.82. The molecule has 0 unspecified atom stereocenters. The highest BCUT2D eigenvalue weighted by molar-refractivity contribution is 6.30. The number of aromatic nitrogens is 1. The SMILES string of the molecule is CC[C@H](C)c1ncc(Cl)cc1CCl. The molecular formula is C10H13Cl2N. The van der Waals surface area contributed by atoms with Gasteiger partial charge in [0.25, 0.3) is 0 Å². The molecule has 0 aliphatic rings. The van der Waals surface area contributed by atoms with Crippen LogP contribution in [0, 0.1) is 0 Å². The van der Waals surface area contributed by atoms with Crippen LogP contribution in [0.2, 0.25) is 5.02 Å². The minimum atomic E-state index is 0.450. The van der Waals surface area contributed by atoms with Gasteiger partial charge < -0.3 is 0 Å². The third-order valence-electron chi connectivity index (χ3n) is 2.19. The summed E-state index contributed by atoms with van der Waals surface area (Å²) in [4.78, 5) is 4.30. The second-order valence-electron chi connectivity index (χ2n) is 3.14. The van der Waals surface area contributed by atoms with E-state index in [1.54, 1.807) is 6.20 Å². The highest BCUT2D eigenvalue weighted by atomic mass is 35.5. The van der Waals surface area contributed by atoms with Gasteiger partial charge in [-0.25, -0.2) is 0 Å². The van der Waals surface area contributed by atoms with Crippen LogP contribution in [0.4, 0.5) is 0 Å². The van der Waals surface area contributed by atoms with Crippen molar-refractivity contribution < 1.29 is 0 Å². The fraction of sp³-hybridized carbons (Fsp3) is 0.500. The minimum Gasteiger partial charge on any atom is -0.259 e. The molecule has 1 aromatic rings. The Morgan fingerprint density at radius 2 is 2.23 bits per heavy atom. The Bertz CT molecular complexity index is 286. The van der Waals surface area contributed by atoms with Crippen LogP contribution < -0.4 is 0 Å². The number of hydrogen-bond donors (Lipinski definition) is 0. The van der Waals surface area contributed by atoms with Crippen LogP contribution in [0.15, 0.2) is 12.3 Å². The Kier molecular flexibility index (Phi) is 4.01. The number of halogens is 2. The molecule has 0 spiro atoms. The minimum absolute atomic E-state index is 0.450. The predicted molar refractivity (Wildman–Crippen MR) is 57.5 cm³/mol. The van der Waals surface area contributed by atoms with Crippen LogP contribution in [0.25, 0.3) is 0 Å². The highest BCUT2D eigenvalue weighted by Crippen LogP contribution is 2.23. The van der Waals surface area contributed by atoms with E-state index < -0.39 is 0 Å². The molecule has 13 heavy (non-hydrogen) atoms. The molecule has 1 heterocycles. The lowest BCUT2D eigenvalue weighted by Gasteiger charge is -2.11. The summed E-state index contributed by atoms with van der Waals surface area (Å²) in [6.07, 6.45) is 2.75. The van der Waals surface area contributed by atoms with E-state index in [-0.39, 0.29) is 0 Å². The van der Waals surface area contributed by atoms with E-state index in [2.05, 4.69) is 18.8 Å². The average Bonchev–Trinajstić information content (AvgIpc) is 2.16. The second-order valence-corrected chi connectivity index (χ2v) is 3.84. The van der Waals surface area contributed by atoms with Gasteiger partial charge in [-0.3, -0.25) is 4.98 Å². The molecule has 1 aromatic heterocycles. The van der Waals surface area contributed by atoms with Gasteiger partial charge in [0.05, 0.1) is 5.02 Å². The van der Waals surface area contributed by atoms with Crippen LogP contribution in [0.3, 0.4) is 0 Å². The number of pyridine rings is 1. The van der Waals surface area contributed by atoms with Crippen molar-refractivity contribution in [1.82, 2.24) is 4.98 Å². The van der Waals surface area contributed by atoms with Crippen molar-refractivity contribution in [1.29, 1.82) is 0 Å². The van der Waals surface area contributed by atoms with Crippen molar-refractivity contribution in [2.75, 3.05) is 0 Å². The maximum atomic E-state index is 5.82. The fourth-order valence-corrected chi connectivity index (χ4v) is 1.63. The van der Waals surface area contributed by atoms with E-state index in [1.165, 1.54) is 0 Å². The Hall–Kier alpha value is -0.270. The molecule has 0 radical (unpaired) electrons. The topological polar surface area (TPSA) is 12.9 Å². The summed E-state index contributed by atoms with van der Waals surface area (Å²) in [6.45, 7) is 4.28. The van der Waals surface area contributed by atoms with Gasteiger partial charge in [-0.2, -0.15) is 0 Å². The maximum Gasteiger partial charge on any atom is 0.0592 e. The predicted octanol–water partition coefficient (Wildman–Crippen LogP) is 3.99. The molecule has 0 N–H and O–H groups in total. The first kappa shape index (κ1) is 10.8. The Morgan fingerprint density at radius 3 is 2.77 bits per heavy atom. The van der Waals surface area contributed by atoms with Crippen molar-refractivity contribution in [2.45, 2.75) is 32.1 Å². The third kappa shape index (κ3) is 2.58. The lowest BCUT2D eigenvalue weighted by atomic mass is 10.0. The molecule has 0 aromatic carbocycles. The molecule has 0 bridgehead atoms. The summed E-state index contributed by atoms with van der Waals surface area (Å²) < 4.78 is 0. The quantitative estimate of drug-likeness (QED) is 0.699. The van der Waals surface area contributed by atoms with Crippen LogP contribution in [0.5, 0.6) is 0 Å². The van der Waals surface area contributed by atoms with Gasteiger partial charge in [0.2, 0.25) is 0 Å². The first-order valence-corrected chi connectivity index (χ1v) is 5.30. The first-order valence-electron chi connectivity index (χ1n) is 4.39. The Morgan fingerprint density at radius 1 is 1.54 bits per heavy atom. The van der Waals surface area contributed by atoms with Crippen LogP contribution >= 0.6 is 23.2 Å². The number of rotatable bonds is 3. The lowest BCUT2D eigenvalue weighted by Crippen LogP contribution is -2.00. The van der Waals surface area contributed by atoms with E-state index in [0.29, 0.717) is 16.8 Å². The second kappa shape index (κ2) is 4.83. The van der Waals surface area contributed by atoms with E-state index in [9.17, 15) is 0 Å². The normalized spacial score (nSPS) is 12.9. The lowest BCUT2D eigenvalue weighted by molar-refractivity contribution is 0.701. The largest absolute Gasteiger partial charge is 0.259 e. The summed E-state index contributed by atoms with van der Waals surface area (Å²) in [6, 6.07) is 1.89. The van der Waals surface area contributed by atoms with Crippen LogP contribution in [-0.4, -0.2) is 4.98 Å². The molecule has 0 saturated heterocycles. The molecule has 1 rings (SSSR count). The van der Waals surface area contributed by atoms with Gasteiger partial charge in [0, 0.05) is 17.8 Å². The van der Waals surface area contributed by atoms with Gasteiger partial charge in [-0.1, -0.05) is 25.4 Å². The molecular weight excluding hydrogens is 205 g/mol.